The second kappa shape index (κ2) is 6.83. The SMILES string of the molecule is CCCc1cc(NC(CC)CC(=O)O)ncn1. The van der Waals surface area contributed by atoms with Crippen LogP contribution in [0.25, 0.3) is 0 Å². The van der Waals surface area contributed by atoms with Crippen molar-refractivity contribution in [2.75, 3.05) is 5.32 Å². The molecule has 0 spiro atoms. The molecule has 1 heterocycles. The Balaban J connectivity index is 2.65. The fourth-order valence-corrected chi connectivity index (χ4v) is 1.59. The molecule has 0 radical (unpaired) electrons. The minimum atomic E-state index is -0.799. The Morgan fingerprint density at radius 2 is 2.24 bits per heavy atom. The number of hydrogen-bond donors (Lipinski definition) is 2. The van der Waals surface area contributed by atoms with Gasteiger partial charge in [0.25, 0.3) is 0 Å². The highest BCUT2D eigenvalue weighted by Crippen LogP contribution is 2.10. The van der Waals surface area contributed by atoms with Gasteiger partial charge in [0, 0.05) is 17.8 Å². The Labute approximate surface area is 101 Å². The molecular weight excluding hydrogens is 218 g/mol. The number of aliphatic carboxylic acids is 1. The molecule has 0 fully saturated rings. The van der Waals surface area contributed by atoms with Crippen molar-refractivity contribution in [2.45, 2.75) is 45.6 Å². The monoisotopic (exact) mass is 237 g/mol. The number of aryl methyl sites for hydroxylation is 1. The molecule has 1 aromatic rings. The highest BCUT2D eigenvalue weighted by atomic mass is 16.4. The molecule has 5 heteroatoms. The van der Waals surface area contributed by atoms with Crippen LogP contribution >= 0.6 is 0 Å². The molecular formula is C12H19N3O2. The summed E-state index contributed by atoms with van der Waals surface area (Å²) < 4.78 is 0. The van der Waals surface area contributed by atoms with E-state index < -0.39 is 5.97 Å². The Morgan fingerprint density at radius 1 is 1.47 bits per heavy atom. The van der Waals surface area contributed by atoms with Gasteiger partial charge in [-0.1, -0.05) is 20.3 Å². The van der Waals surface area contributed by atoms with Gasteiger partial charge in [0.05, 0.1) is 6.42 Å². The minimum absolute atomic E-state index is 0.0862. The molecule has 2 N–H and O–H groups in total. The number of carbonyl (C=O) groups is 1. The van der Waals surface area contributed by atoms with Crippen molar-refractivity contribution in [2.24, 2.45) is 0 Å². The molecule has 5 nitrogen and oxygen atoms in total. The van der Waals surface area contributed by atoms with E-state index in [9.17, 15) is 4.79 Å². The van der Waals surface area contributed by atoms with Crippen LogP contribution in [-0.4, -0.2) is 27.1 Å². The molecule has 17 heavy (non-hydrogen) atoms. The first kappa shape index (κ1) is 13.4. The third kappa shape index (κ3) is 4.80. The smallest absolute Gasteiger partial charge is 0.305 e. The summed E-state index contributed by atoms with van der Waals surface area (Å²) in [4.78, 5) is 18.9. The summed E-state index contributed by atoms with van der Waals surface area (Å²) in [5.74, 6) is -0.0938. The number of rotatable bonds is 7. The van der Waals surface area contributed by atoms with Crippen molar-refractivity contribution in [3.63, 3.8) is 0 Å². The third-order valence-corrected chi connectivity index (χ3v) is 2.50. The van der Waals surface area contributed by atoms with Gasteiger partial charge in [0.1, 0.15) is 12.1 Å². The summed E-state index contributed by atoms with van der Waals surface area (Å²) in [5, 5.41) is 11.9. The zero-order valence-electron chi connectivity index (χ0n) is 10.3. The van der Waals surface area contributed by atoms with E-state index in [1.165, 1.54) is 6.33 Å². The summed E-state index contributed by atoms with van der Waals surface area (Å²) in [5.41, 5.74) is 0.982. The highest BCUT2D eigenvalue weighted by molar-refractivity contribution is 5.68. The lowest BCUT2D eigenvalue weighted by Gasteiger charge is -2.15. The van der Waals surface area contributed by atoms with E-state index >= 15 is 0 Å². The average molecular weight is 237 g/mol. The van der Waals surface area contributed by atoms with Crippen LogP contribution in [0.4, 0.5) is 5.82 Å². The minimum Gasteiger partial charge on any atom is -0.481 e. The number of anilines is 1. The van der Waals surface area contributed by atoms with Gasteiger partial charge in [0.2, 0.25) is 0 Å². The van der Waals surface area contributed by atoms with E-state index in [-0.39, 0.29) is 12.5 Å². The van der Waals surface area contributed by atoms with Crippen LogP contribution in [0.15, 0.2) is 12.4 Å². The molecule has 0 amide bonds. The van der Waals surface area contributed by atoms with Crippen LogP contribution in [0.3, 0.4) is 0 Å². The Hall–Kier alpha value is -1.65. The topological polar surface area (TPSA) is 75.1 Å². The first-order chi connectivity index (χ1) is 8.15. The van der Waals surface area contributed by atoms with E-state index in [0.717, 1.165) is 25.0 Å². The molecule has 0 aliphatic carbocycles. The maximum Gasteiger partial charge on any atom is 0.305 e. The summed E-state index contributed by atoms with van der Waals surface area (Å²) in [6.45, 7) is 4.04. The Bertz CT molecular complexity index is 369. The van der Waals surface area contributed by atoms with Crippen LogP contribution in [-0.2, 0) is 11.2 Å². The number of aromatic nitrogens is 2. The fourth-order valence-electron chi connectivity index (χ4n) is 1.59. The second-order valence-corrected chi connectivity index (χ2v) is 3.99. The molecule has 1 rings (SSSR count). The van der Waals surface area contributed by atoms with Gasteiger partial charge < -0.3 is 10.4 Å². The normalized spacial score (nSPS) is 12.1. The van der Waals surface area contributed by atoms with Crippen molar-refractivity contribution < 1.29 is 9.90 Å². The molecule has 1 unspecified atom stereocenters. The molecule has 0 saturated heterocycles. The fraction of sp³-hybridized carbons (Fsp3) is 0.583. The van der Waals surface area contributed by atoms with Crippen LogP contribution < -0.4 is 5.32 Å². The second-order valence-electron chi connectivity index (χ2n) is 3.99. The van der Waals surface area contributed by atoms with Gasteiger partial charge in [-0.2, -0.15) is 0 Å². The molecule has 1 atom stereocenters. The number of carboxylic acid groups (broad SMARTS) is 1. The van der Waals surface area contributed by atoms with Crippen molar-refractivity contribution in [3.8, 4) is 0 Å². The lowest BCUT2D eigenvalue weighted by Crippen LogP contribution is -2.22. The summed E-state index contributed by atoms with van der Waals surface area (Å²) in [7, 11) is 0. The van der Waals surface area contributed by atoms with Crippen LogP contribution in [0, 0.1) is 0 Å². The van der Waals surface area contributed by atoms with Gasteiger partial charge in [-0.3, -0.25) is 4.79 Å². The van der Waals surface area contributed by atoms with Crippen LogP contribution in [0.2, 0.25) is 0 Å². The summed E-state index contributed by atoms with van der Waals surface area (Å²) in [6.07, 6.45) is 4.31. The van der Waals surface area contributed by atoms with Crippen LogP contribution in [0.5, 0.6) is 0 Å². The maximum absolute atomic E-state index is 10.7. The van der Waals surface area contributed by atoms with Gasteiger partial charge >= 0.3 is 5.97 Å². The molecule has 94 valence electrons. The van der Waals surface area contributed by atoms with Crippen LogP contribution in [0.1, 0.15) is 38.8 Å². The number of nitrogens with one attached hydrogen (secondary N) is 1. The van der Waals surface area contributed by atoms with E-state index in [0.29, 0.717) is 5.82 Å². The quantitative estimate of drug-likeness (QED) is 0.759. The molecule has 0 bridgehead atoms. The Kier molecular flexibility index (Phi) is 5.39. The van der Waals surface area contributed by atoms with Gasteiger partial charge in [-0.05, 0) is 12.8 Å². The predicted molar refractivity (Wildman–Crippen MR) is 66.0 cm³/mol. The highest BCUT2D eigenvalue weighted by Gasteiger charge is 2.11. The third-order valence-electron chi connectivity index (χ3n) is 2.50. The maximum atomic E-state index is 10.7. The summed E-state index contributed by atoms with van der Waals surface area (Å²) in [6, 6.07) is 1.80. The van der Waals surface area contributed by atoms with Gasteiger partial charge in [-0.25, -0.2) is 9.97 Å². The average Bonchev–Trinajstić information content (AvgIpc) is 2.28. The van der Waals surface area contributed by atoms with E-state index in [1.807, 2.05) is 13.0 Å². The predicted octanol–water partition coefficient (Wildman–Crippen LogP) is 2.09. The number of hydrogen-bond acceptors (Lipinski definition) is 4. The van der Waals surface area contributed by atoms with Crippen molar-refractivity contribution in [1.82, 2.24) is 9.97 Å². The largest absolute Gasteiger partial charge is 0.481 e. The first-order valence-electron chi connectivity index (χ1n) is 5.95. The van der Waals surface area contributed by atoms with E-state index in [1.54, 1.807) is 0 Å². The standard InChI is InChI=1S/C12H19N3O2/c1-3-5-10-6-11(14-8-13-10)15-9(4-2)7-12(16)17/h6,8-9H,3-5,7H2,1-2H3,(H,16,17)(H,13,14,15). The molecule has 0 aromatic carbocycles. The molecule has 0 aliphatic rings. The number of carboxylic acids is 1. The molecule has 0 aliphatic heterocycles. The zero-order valence-corrected chi connectivity index (χ0v) is 10.3. The van der Waals surface area contributed by atoms with Crippen molar-refractivity contribution in [1.29, 1.82) is 0 Å². The Morgan fingerprint density at radius 3 is 2.82 bits per heavy atom. The number of nitrogens with zero attached hydrogens (tertiary/aromatic N) is 2. The summed E-state index contributed by atoms with van der Waals surface area (Å²) >= 11 is 0. The van der Waals surface area contributed by atoms with Gasteiger partial charge in [0.15, 0.2) is 0 Å². The van der Waals surface area contributed by atoms with E-state index in [4.69, 9.17) is 5.11 Å². The van der Waals surface area contributed by atoms with Crippen molar-refractivity contribution in [3.05, 3.63) is 18.1 Å². The van der Waals surface area contributed by atoms with Gasteiger partial charge in [-0.15, -0.1) is 0 Å². The first-order valence-corrected chi connectivity index (χ1v) is 5.95. The zero-order chi connectivity index (χ0) is 12.7. The van der Waals surface area contributed by atoms with E-state index in [2.05, 4.69) is 22.2 Å². The molecule has 1 aromatic heterocycles. The van der Waals surface area contributed by atoms with Crippen molar-refractivity contribution >= 4 is 11.8 Å². The lowest BCUT2D eigenvalue weighted by molar-refractivity contribution is -0.137. The lowest BCUT2D eigenvalue weighted by atomic mass is 10.1. The molecule has 0 saturated carbocycles.